The molecule has 196 valence electrons. The smallest absolute Gasteiger partial charge is 0.243 e. The van der Waals surface area contributed by atoms with Gasteiger partial charge in [-0.05, 0) is 60.5 Å². The second kappa shape index (κ2) is 9.77. The molecular weight excluding hydrogens is 509 g/mol. The van der Waals surface area contributed by atoms with Crippen LogP contribution in [-0.2, 0) is 16.4 Å². The van der Waals surface area contributed by atoms with Crippen molar-refractivity contribution in [1.82, 2.24) is 9.62 Å². The molecule has 0 unspecified atom stereocenters. The van der Waals surface area contributed by atoms with Crippen molar-refractivity contribution in [3.8, 4) is 11.5 Å². The lowest BCUT2D eigenvalue weighted by molar-refractivity contribution is 0.104. The third-order valence-corrected chi connectivity index (χ3v) is 8.96. The Morgan fingerprint density at radius 1 is 0.947 bits per heavy atom. The Bertz CT molecular complexity index is 1530. The number of hydrogen-bond donors (Lipinski definition) is 1. The Kier molecular flexibility index (Phi) is 6.29. The van der Waals surface area contributed by atoms with Crippen molar-refractivity contribution in [3.05, 3.63) is 89.2 Å². The number of rotatable bonds is 5. The lowest BCUT2D eigenvalue weighted by Crippen LogP contribution is -2.48. The SMILES string of the molecule is O=C(/C=C1\NCCc2cc3c(cc21)OCO3)c1cccc(S(=O)(=O)N2CCN(c3ccc(F)cc3)CC2)c1. The van der Waals surface area contributed by atoms with Crippen molar-refractivity contribution in [2.45, 2.75) is 11.3 Å². The highest BCUT2D eigenvalue weighted by atomic mass is 32.2. The summed E-state index contributed by atoms with van der Waals surface area (Å²) in [5.74, 6) is 0.734. The Hall–Kier alpha value is -3.89. The van der Waals surface area contributed by atoms with E-state index in [-0.39, 0.29) is 28.9 Å². The molecule has 0 spiro atoms. The van der Waals surface area contributed by atoms with Gasteiger partial charge in [-0.1, -0.05) is 12.1 Å². The Labute approximate surface area is 220 Å². The van der Waals surface area contributed by atoms with E-state index < -0.39 is 10.0 Å². The number of nitrogens with zero attached hydrogens (tertiary/aromatic N) is 2. The molecule has 3 aliphatic rings. The van der Waals surface area contributed by atoms with E-state index in [2.05, 4.69) is 5.32 Å². The molecule has 3 aliphatic heterocycles. The fourth-order valence-electron chi connectivity index (χ4n) is 5.01. The summed E-state index contributed by atoms with van der Waals surface area (Å²) in [5, 5.41) is 3.28. The quantitative estimate of drug-likeness (QED) is 0.396. The van der Waals surface area contributed by atoms with Gasteiger partial charge in [-0.25, -0.2) is 12.8 Å². The van der Waals surface area contributed by atoms with Crippen molar-refractivity contribution >= 4 is 27.2 Å². The van der Waals surface area contributed by atoms with E-state index in [1.165, 1.54) is 34.6 Å². The van der Waals surface area contributed by atoms with Gasteiger partial charge >= 0.3 is 0 Å². The number of sulfonamides is 1. The average Bonchev–Trinajstić information content (AvgIpc) is 3.40. The number of piperazine rings is 1. The number of carbonyl (C=O) groups is 1. The van der Waals surface area contributed by atoms with Crippen LogP contribution in [0.5, 0.6) is 11.5 Å². The molecule has 10 heteroatoms. The molecule has 1 fully saturated rings. The van der Waals surface area contributed by atoms with Crippen molar-refractivity contribution in [3.63, 3.8) is 0 Å². The third-order valence-electron chi connectivity index (χ3n) is 7.06. The van der Waals surface area contributed by atoms with Crippen LogP contribution in [0.15, 0.2) is 71.6 Å². The van der Waals surface area contributed by atoms with Crippen molar-refractivity contribution in [2.24, 2.45) is 0 Å². The van der Waals surface area contributed by atoms with Crippen molar-refractivity contribution in [1.29, 1.82) is 0 Å². The Morgan fingerprint density at radius 2 is 1.68 bits per heavy atom. The molecule has 0 aromatic heterocycles. The molecular formula is C28H26FN3O5S. The highest BCUT2D eigenvalue weighted by Gasteiger charge is 2.29. The molecule has 3 heterocycles. The molecule has 3 aromatic rings. The second-order valence-corrected chi connectivity index (χ2v) is 11.3. The number of allylic oxidation sites excluding steroid dienone is 1. The van der Waals surface area contributed by atoms with E-state index >= 15 is 0 Å². The van der Waals surface area contributed by atoms with Gasteiger partial charge in [0, 0.05) is 61.3 Å². The highest BCUT2D eigenvalue weighted by molar-refractivity contribution is 7.89. The molecule has 1 N–H and O–H groups in total. The Morgan fingerprint density at radius 3 is 2.45 bits per heavy atom. The molecule has 8 nitrogen and oxygen atoms in total. The van der Waals surface area contributed by atoms with Gasteiger partial charge in [-0.15, -0.1) is 0 Å². The van der Waals surface area contributed by atoms with Crippen LogP contribution >= 0.6 is 0 Å². The summed E-state index contributed by atoms with van der Waals surface area (Å²) < 4.78 is 52.5. The molecule has 0 saturated carbocycles. The zero-order valence-corrected chi connectivity index (χ0v) is 21.3. The predicted molar refractivity (Wildman–Crippen MR) is 140 cm³/mol. The first kappa shape index (κ1) is 24.4. The average molecular weight is 536 g/mol. The molecule has 1 saturated heterocycles. The molecule has 0 atom stereocenters. The maximum Gasteiger partial charge on any atom is 0.243 e. The summed E-state index contributed by atoms with van der Waals surface area (Å²) in [6, 6.07) is 16.1. The minimum absolute atomic E-state index is 0.0809. The van der Waals surface area contributed by atoms with Gasteiger partial charge < -0.3 is 19.7 Å². The van der Waals surface area contributed by atoms with Gasteiger partial charge in [0.05, 0.1) is 4.90 Å². The number of nitrogens with one attached hydrogen (secondary N) is 1. The first-order valence-corrected chi connectivity index (χ1v) is 13.9. The van der Waals surface area contributed by atoms with Crippen LogP contribution in [0.3, 0.4) is 0 Å². The molecule has 0 bridgehead atoms. The zero-order valence-electron chi connectivity index (χ0n) is 20.5. The summed E-state index contributed by atoms with van der Waals surface area (Å²) in [7, 11) is -3.79. The monoisotopic (exact) mass is 535 g/mol. The third kappa shape index (κ3) is 4.61. The fraction of sp³-hybridized carbons (Fsp3) is 0.250. The summed E-state index contributed by atoms with van der Waals surface area (Å²) in [6.07, 6.45) is 2.30. The summed E-state index contributed by atoms with van der Waals surface area (Å²) >= 11 is 0. The van der Waals surface area contributed by atoms with Crippen molar-refractivity contribution in [2.75, 3.05) is 44.4 Å². The molecule has 0 aliphatic carbocycles. The summed E-state index contributed by atoms with van der Waals surface area (Å²) in [6.45, 7) is 2.39. The summed E-state index contributed by atoms with van der Waals surface area (Å²) in [4.78, 5) is 15.3. The predicted octanol–water partition coefficient (Wildman–Crippen LogP) is 3.43. The van der Waals surface area contributed by atoms with Crippen molar-refractivity contribution < 1.29 is 27.1 Å². The maximum atomic E-state index is 13.4. The number of fused-ring (bicyclic) bond motifs is 2. The molecule has 3 aromatic carbocycles. The summed E-state index contributed by atoms with van der Waals surface area (Å²) in [5.41, 5.74) is 3.74. The van der Waals surface area contributed by atoms with Gasteiger partial charge in [0.15, 0.2) is 17.3 Å². The van der Waals surface area contributed by atoms with E-state index in [1.807, 2.05) is 17.0 Å². The fourth-order valence-corrected chi connectivity index (χ4v) is 6.48. The lowest BCUT2D eigenvalue weighted by Gasteiger charge is -2.35. The number of hydrogen-bond acceptors (Lipinski definition) is 7. The van der Waals surface area contributed by atoms with Gasteiger partial charge in [0.1, 0.15) is 5.82 Å². The van der Waals surface area contributed by atoms with E-state index in [4.69, 9.17) is 9.47 Å². The highest BCUT2D eigenvalue weighted by Crippen LogP contribution is 2.38. The van der Waals surface area contributed by atoms with Crippen LogP contribution in [0.4, 0.5) is 10.1 Å². The lowest BCUT2D eigenvalue weighted by atomic mass is 9.96. The van der Waals surface area contributed by atoms with Crippen LogP contribution < -0.4 is 19.7 Å². The Balaban J connectivity index is 1.20. The van der Waals surface area contributed by atoms with E-state index in [9.17, 15) is 17.6 Å². The number of carbonyl (C=O) groups excluding carboxylic acids is 1. The zero-order chi connectivity index (χ0) is 26.3. The molecule has 0 amide bonds. The molecule has 0 radical (unpaired) electrons. The van der Waals surface area contributed by atoms with Crippen LogP contribution in [0, 0.1) is 5.82 Å². The van der Waals surface area contributed by atoms with Gasteiger partial charge in [0.2, 0.25) is 16.8 Å². The number of ether oxygens (including phenoxy) is 2. The maximum absolute atomic E-state index is 13.4. The molecule has 6 rings (SSSR count). The van der Waals surface area contributed by atoms with Gasteiger partial charge in [-0.2, -0.15) is 4.31 Å². The first-order valence-electron chi connectivity index (χ1n) is 12.4. The van der Waals surface area contributed by atoms with Gasteiger partial charge in [-0.3, -0.25) is 4.79 Å². The van der Waals surface area contributed by atoms with E-state index in [0.717, 1.165) is 23.2 Å². The minimum Gasteiger partial charge on any atom is -0.454 e. The van der Waals surface area contributed by atoms with E-state index in [0.29, 0.717) is 49.9 Å². The largest absolute Gasteiger partial charge is 0.454 e. The van der Waals surface area contributed by atoms with Crippen LogP contribution in [0.2, 0.25) is 0 Å². The standard InChI is InChI=1S/C28H26FN3O5S/c29-21-4-6-22(7-5-21)31-10-12-32(13-11-31)38(34,35)23-3-1-2-20(14-23)26(33)17-25-24-16-28-27(36-18-37-28)15-19(24)8-9-30-25/h1-7,14-17,30H,8-13,18H2/b25-17-. The second-order valence-electron chi connectivity index (χ2n) is 9.36. The number of anilines is 1. The van der Waals surface area contributed by atoms with Gasteiger partial charge in [0.25, 0.3) is 0 Å². The molecule has 38 heavy (non-hydrogen) atoms. The van der Waals surface area contributed by atoms with Crippen LogP contribution in [0.1, 0.15) is 21.5 Å². The minimum atomic E-state index is -3.79. The number of benzene rings is 3. The normalized spacial score (nSPS) is 18.2. The topological polar surface area (TPSA) is 88.2 Å². The first-order chi connectivity index (χ1) is 18.4. The number of halogens is 1. The van der Waals surface area contributed by atoms with E-state index in [1.54, 1.807) is 24.3 Å². The van der Waals surface area contributed by atoms with Crippen LogP contribution in [-0.4, -0.2) is 58.0 Å². The number of ketones is 1. The van der Waals surface area contributed by atoms with Crippen LogP contribution in [0.25, 0.3) is 5.70 Å².